The van der Waals surface area contributed by atoms with Crippen molar-refractivity contribution in [3.05, 3.63) is 64.2 Å². The Morgan fingerprint density at radius 3 is 2.37 bits per heavy atom. The van der Waals surface area contributed by atoms with Crippen LogP contribution in [0.4, 0.5) is 17.3 Å². The molecule has 6 N–H and O–H groups in total. The number of benzene rings is 2. The number of aromatic hydroxyl groups is 1. The Bertz CT molecular complexity index is 954. The molecule has 0 radical (unpaired) electrons. The van der Waals surface area contributed by atoms with E-state index in [-0.39, 0.29) is 5.56 Å². The van der Waals surface area contributed by atoms with Gasteiger partial charge in [0.2, 0.25) is 0 Å². The molecule has 0 saturated carbocycles. The second-order valence-corrected chi connectivity index (χ2v) is 6.61. The molecule has 3 aromatic rings. The zero-order chi connectivity index (χ0) is 19.6. The number of nitrogens with two attached hydrogens (primary N) is 1. The van der Waals surface area contributed by atoms with E-state index in [1.54, 1.807) is 0 Å². The molecule has 0 aliphatic rings. The number of anilines is 3. The number of aryl methyl sites for hydroxylation is 3. The van der Waals surface area contributed by atoms with Gasteiger partial charge in [0.05, 0.1) is 0 Å². The summed E-state index contributed by atoms with van der Waals surface area (Å²) in [5, 5.41) is 23.2. The topological polar surface area (TPSA) is 116 Å². The van der Waals surface area contributed by atoms with Crippen LogP contribution in [-0.4, -0.2) is 21.2 Å². The fraction of sp³-hybridized carbons (Fsp3) is 0.200. The summed E-state index contributed by atoms with van der Waals surface area (Å²) in [6, 6.07) is 11.5. The number of hydrogen-bond acceptors (Lipinski definition) is 5. The Labute approximate surface area is 157 Å². The van der Waals surface area contributed by atoms with Crippen molar-refractivity contribution in [2.24, 2.45) is 5.73 Å². The molecule has 1 heterocycles. The van der Waals surface area contributed by atoms with Crippen molar-refractivity contribution >= 4 is 23.2 Å². The van der Waals surface area contributed by atoms with Gasteiger partial charge < -0.3 is 21.5 Å². The molecular weight excluding hydrogens is 342 g/mol. The molecule has 7 nitrogen and oxygen atoms in total. The van der Waals surface area contributed by atoms with Crippen molar-refractivity contribution in [2.45, 2.75) is 27.3 Å². The maximum atomic E-state index is 12.0. The number of carbonyl (C=O) groups excluding carboxylic acids is 1. The summed E-state index contributed by atoms with van der Waals surface area (Å²) in [6.07, 6.45) is 0. The van der Waals surface area contributed by atoms with Crippen molar-refractivity contribution in [3.63, 3.8) is 0 Å². The van der Waals surface area contributed by atoms with Crippen LogP contribution < -0.4 is 16.4 Å². The summed E-state index contributed by atoms with van der Waals surface area (Å²) in [7, 11) is 0. The second kappa shape index (κ2) is 7.41. The number of nitrogens with one attached hydrogen (secondary N) is 3. The van der Waals surface area contributed by atoms with Crippen LogP contribution in [-0.2, 0) is 6.54 Å². The number of aromatic nitrogens is 2. The molecule has 0 bridgehead atoms. The number of H-pyrrole nitrogens is 1. The Hall–Kier alpha value is -3.48. The van der Waals surface area contributed by atoms with Gasteiger partial charge in [-0.1, -0.05) is 29.8 Å². The van der Waals surface area contributed by atoms with E-state index in [0.29, 0.717) is 23.9 Å². The second-order valence-electron chi connectivity index (χ2n) is 6.61. The highest BCUT2D eigenvalue weighted by Gasteiger charge is 2.18. The Morgan fingerprint density at radius 1 is 1.15 bits per heavy atom. The lowest BCUT2D eigenvalue weighted by Crippen LogP contribution is -2.15. The van der Waals surface area contributed by atoms with Crippen LogP contribution >= 0.6 is 0 Å². The average molecular weight is 365 g/mol. The number of hydrogen-bond donors (Lipinski definition) is 5. The zero-order valence-corrected chi connectivity index (χ0v) is 15.6. The van der Waals surface area contributed by atoms with Crippen LogP contribution in [0.5, 0.6) is 5.75 Å². The van der Waals surface area contributed by atoms with E-state index in [2.05, 4.69) is 20.8 Å². The van der Waals surface area contributed by atoms with Gasteiger partial charge in [-0.15, -0.1) is 0 Å². The van der Waals surface area contributed by atoms with Gasteiger partial charge in [0, 0.05) is 12.2 Å². The Balaban J connectivity index is 1.81. The van der Waals surface area contributed by atoms with E-state index in [1.807, 2.05) is 57.2 Å². The lowest BCUT2D eigenvalue weighted by atomic mass is 10.1. The summed E-state index contributed by atoms with van der Waals surface area (Å²) >= 11 is 0. The summed E-state index contributed by atoms with van der Waals surface area (Å²) in [6.45, 7) is 6.14. The molecule has 3 rings (SSSR count). The minimum Gasteiger partial charge on any atom is -0.507 e. The number of nitrogens with zero attached hydrogens (tertiary/aromatic N) is 1. The summed E-state index contributed by atoms with van der Waals surface area (Å²) in [5.41, 5.74) is 10.4. The first-order valence-electron chi connectivity index (χ1n) is 8.60. The number of carbonyl (C=O) groups is 1. The van der Waals surface area contributed by atoms with Gasteiger partial charge in [-0.05, 0) is 49.6 Å². The molecule has 7 heteroatoms. The van der Waals surface area contributed by atoms with Crippen LogP contribution in [0, 0.1) is 20.8 Å². The van der Waals surface area contributed by atoms with Crippen LogP contribution in [0.1, 0.15) is 32.6 Å². The van der Waals surface area contributed by atoms with Crippen molar-refractivity contribution in [3.8, 4) is 5.75 Å². The van der Waals surface area contributed by atoms with Crippen LogP contribution in [0.3, 0.4) is 0 Å². The van der Waals surface area contributed by atoms with E-state index < -0.39 is 5.91 Å². The van der Waals surface area contributed by atoms with Crippen LogP contribution in [0.2, 0.25) is 0 Å². The molecule has 1 aromatic heterocycles. The van der Waals surface area contributed by atoms with Gasteiger partial charge in [-0.2, -0.15) is 5.10 Å². The highest BCUT2D eigenvalue weighted by molar-refractivity contribution is 6.03. The van der Waals surface area contributed by atoms with Crippen molar-refractivity contribution in [1.82, 2.24) is 10.2 Å². The molecule has 2 aromatic carbocycles. The monoisotopic (exact) mass is 365 g/mol. The third-order valence-corrected chi connectivity index (χ3v) is 4.34. The molecular formula is C20H23N5O2. The molecule has 0 fully saturated rings. The normalized spacial score (nSPS) is 10.6. The molecule has 0 atom stereocenters. The first-order valence-corrected chi connectivity index (χ1v) is 8.60. The maximum Gasteiger partial charge on any atom is 0.256 e. The zero-order valence-electron chi connectivity index (χ0n) is 15.6. The van der Waals surface area contributed by atoms with Crippen LogP contribution in [0.25, 0.3) is 0 Å². The molecule has 0 saturated heterocycles. The van der Waals surface area contributed by atoms with Gasteiger partial charge in [0.15, 0.2) is 5.82 Å². The standard InChI is InChI=1S/C20H23N5O2/c1-11-4-6-15(7-5-11)23-20-16(18(21)27)19(24-25-20)22-10-14-8-12(2)17(26)13(3)9-14/h4-9,26H,10H2,1-3H3,(H2,21,27)(H3,22,23,24,25). The third kappa shape index (κ3) is 4.03. The number of primary amides is 1. The molecule has 0 spiro atoms. The quantitative estimate of drug-likeness (QED) is 0.458. The summed E-state index contributed by atoms with van der Waals surface area (Å²) in [5.74, 6) is 0.521. The largest absolute Gasteiger partial charge is 0.507 e. The maximum absolute atomic E-state index is 12.0. The third-order valence-electron chi connectivity index (χ3n) is 4.34. The first-order chi connectivity index (χ1) is 12.8. The van der Waals surface area contributed by atoms with Gasteiger partial charge in [-0.25, -0.2) is 0 Å². The smallest absolute Gasteiger partial charge is 0.256 e. The first kappa shape index (κ1) is 18.3. The fourth-order valence-corrected chi connectivity index (χ4v) is 2.91. The Morgan fingerprint density at radius 2 is 1.78 bits per heavy atom. The molecule has 0 aliphatic heterocycles. The molecule has 140 valence electrons. The summed E-state index contributed by atoms with van der Waals surface area (Å²) in [4.78, 5) is 12.0. The molecule has 27 heavy (non-hydrogen) atoms. The van der Waals surface area contributed by atoms with E-state index in [0.717, 1.165) is 27.9 Å². The van der Waals surface area contributed by atoms with Crippen LogP contribution in [0.15, 0.2) is 36.4 Å². The fourth-order valence-electron chi connectivity index (χ4n) is 2.91. The van der Waals surface area contributed by atoms with E-state index in [1.165, 1.54) is 0 Å². The minimum absolute atomic E-state index is 0.266. The van der Waals surface area contributed by atoms with Crippen molar-refractivity contribution in [1.29, 1.82) is 0 Å². The predicted molar refractivity (Wildman–Crippen MR) is 106 cm³/mol. The lowest BCUT2D eigenvalue weighted by Gasteiger charge is -2.10. The van der Waals surface area contributed by atoms with E-state index in [4.69, 9.17) is 5.73 Å². The summed E-state index contributed by atoms with van der Waals surface area (Å²) < 4.78 is 0. The highest BCUT2D eigenvalue weighted by Crippen LogP contribution is 2.26. The number of rotatable bonds is 6. The predicted octanol–water partition coefficient (Wildman–Crippen LogP) is 3.50. The van der Waals surface area contributed by atoms with Gasteiger partial charge >= 0.3 is 0 Å². The number of aromatic amines is 1. The highest BCUT2D eigenvalue weighted by atomic mass is 16.3. The van der Waals surface area contributed by atoms with Gasteiger partial charge in [-0.3, -0.25) is 9.89 Å². The molecule has 0 unspecified atom stereocenters. The number of amides is 1. The Kier molecular flexibility index (Phi) is 5.03. The van der Waals surface area contributed by atoms with E-state index in [9.17, 15) is 9.90 Å². The average Bonchev–Trinajstić information content (AvgIpc) is 3.02. The van der Waals surface area contributed by atoms with Crippen molar-refractivity contribution in [2.75, 3.05) is 10.6 Å². The molecule has 0 aliphatic carbocycles. The molecule has 1 amide bonds. The SMILES string of the molecule is Cc1ccc(Nc2[nH]nc(NCc3cc(C)c(O)c(C)c3)c2C(N)=O)cc1. The lowest BCUT2D eigenvalue weighted by molar-refractivity contribution is 0.100. The minimum atomic E-state index is -0.584. The number of phenols is 1. The van der Waals surface area contributed by atoms with Crippen molar-refractivity contribution < 1.29 is 9.90 Å². The van der Waals surface area contributed by atoms with Gasteiger partial charge in [0.25, 0.3) is 5.91 Å². The van der Waals surface area contributed by atoms with Gasteiger partial charge in [0.1, 0.15) is 17.1 Å². The number of phenolic OH excluding ortho intramolecular Hbond substituents is 1. The van der Waals surface area contributed by atoms with E-state index >= 15 is 0 Å².